The van der Waals surface area contributed by atoms with Gasteiger partial charge in [-0.1, -0.05) is 170 Å². The maximum absolute atomic E-state index is 6.49. The molecular formula is C62H40N2O2. The van der Waals surface area contributed by atoms with E-state index in [4.69, 9.17) is 9.47 Å². The van der Waals surface area contributed by atoms with Crippen LogP contribution in [0.15, 0.2) is 243 Å². The first kappa shape index (κ1) is 37.7. The molecule has 0 radical (unpaired) electrons. The average molecular weight is 845 g/mol. The standard InChI is InChI=1S/C62H40N2O2/c1-3-15-41(16-4-1)43-27-31-45(32-28-43)61-49-37-35-48(64-55-21-9-13-25-59(55)66-60-26-14-10-22-56(60)64)40-52(49)62(46-33-29-44(30-34-46)42-17-5-2-6-18-42)50-38-36-47(39-51(50)61)63-53-19-7-11-23-57(53)65-58-24-12-8-20-54(58)63/h1-40H. The molecule has 0 unspecified atom stereocenters. The van der Waals surface area contributed by atoms with Gasteiger partial charge in [0.25, 0.3) is 0 Å². The largest absolute Gasteiger partial charge is 0.453 e. The second-order valence-corrected chi connectivity index (χ2v) is 16.8. The Kier molecular flexibility index (Phi) is 8.81. The zero-order valence-electron chi connectivity index (χ0n) is 35.8. The summed E-state index contributed by atoms with van der Waals surface area (Å²) in [5.74, 6) is 3.29. The van der Waals surface area contributed by atoms with Gasteiger partial charge in [-0.15, -0.1) is 0 Å². The topological polar surface area (TPSA) is 24.9 Å². The van der Waals surface area contributed by atoms with Crippen molar-refractivity contribution in [3.05, 3.63) is 243 Å². The van der Waals surface area contributed by atoms with Crippen molar-refractivity contribution in [2.24, 2.45) is 0 Å². The third-order valence-corrected chi connectivity index (χ3v) is 13.0. The molecule has 310 valence electrons. The van der Waals surface area contributed by atoms with Gasteiger partial charge in [-0.3, -0.25) is 0 Å². The van der Waals surface area contributed by atoms with Crippen molar-refractivity contribution in [2.75, 3.05) is 9.80 Å². The molecule has 0 fully saturated rings. The molecule has 13 rings (SSSR count). The molecule has 11 aromatic carbocycles. The summed E-state index contributed by atoms with van der Waals surface area (Å²) < 4.78 is 13.0. The van der Waals surface area contributed by atoms with Crippen LogP contribution in [0.5, 0.6) is 23.0 Å². The van der Waals surface area contributed by atoms with E-state index in [2.05, 4.69) is 204 Å². The SMILES string of the molecule is c1ccc(-c2ccc(-c3c4ccc(N5c6ccccc6Oc6ccccc65)cc4c(-c4ccc(-c5ccccc5)cc4)c4ccc(N5c6ccccc6Oc6ccccc65)cc34)cc2)cc1. The molecule has 0 aliphatic carbocycles. The van der Waals surface area contributed by atoms with Gasteiger partial charge in [-0.2, -0.15) is 0 Å². The van der Waals surface area contributed by atoms with E-state index in [-0.39, 0.29) is 0 Å². The summed E-state index contributed by atoms with van der Waals surface area (Å²) in [7, 11) is 0. The van der Waals surface area contributed by atoms with Crippen molar-refractivity contribution in [2.45, 2.75) is 0 Å². The van der Waals surface area contributed by atoms with Gasteiger partial charge in [-0.05, 0) is 139 Å². The van der Waals surface area contributed by atoms with Crippen molar-refractivity contribution in [1.82, 2.24) is 0 Å². The Morgan fingerprint density at radius 2 is 0.515 bits per heavy atom. The van der Waals surface area contributed by atoms with E-state index in [1.54, 1.807) is 0 Å². The monoisotopic (exact) mass is 844 g/mol. The van der Waals surface area contributed by atoms with Crippen molar-refractivity contribution in [1.29, 1.82) is 0 Å². The van der Waals surface area contributed by atoms with Gasteiger partial charge in [0.05, 0.1) is 22.7 Å². The second kappa shape index (κ2) is 15.4. The minimum Gasteiger partial charge on any atom is -0.453 e. The molecule has 0 aromatic heterocycles. The molecule has 2 aliphatic heterocycles. The minimum absolute atomic E-state index is 0.824. The molecule has 2 heterocycles. The van der Waals surface area contributed by atoms with Crippen LogP contribution >= 0.6 is 0 Å². The molecule has 0 saturated heterocycles. The van der Waals surface area contributed by atoms with Crippen LogP contribution in [0, 0.1) is 0 Å². The van der Waals surface area contributed by atoms with Crippen molar-refractivity contribution >= 4 is 55.7 Å². The van der Waals surface area contributed by atoms with E-state index in [0.717, 1.165) is 89.8 Å². The maximum Gasteiger partial charge on any atom is 0.151 e. The number of para-hydroxylation sites is 8. The van der Waals surface area contributed by atoms with Crippen LogP contribution in [0.4, 0.5) is 34.1 Å². The van der Waals surface area contributed by atoms with Crippen LogP contribution in [0.2, 0.25) is 0 Å². The Bertz CT molecular complexity index is 3310. The fraction of sp³-hybridized carbons (Fsp3) is 0. The molecule has 0 amide bonds. The number of rotatable bonds is 6. The molecule has 0 atom stereocenters. The molecule has 66 heavy (non-hydrogen) atoms. The molecule has 11 aromatic rings. The molecule has 4 nitrogen and oxygen atoms in total. The summed E-state index contributed by atoms with van der Waals surface area (Å²) in [6, 6.07) is 86.6. The van der Waals surface area contributed by atoms with E-state index in [0.29, 0.717) is 0 Å². The molecule has 2 aliphatic rings. The summed E-state index contributed by atoms with van der Waals surface area (Å²) in [6.45, 7) is 0. The van der Waals surface area contributed by atoms with Crippen LogP contribution in [-0.2, 0) is 0 Å². The smallest absolute Gasteiger partial charge is 0.151 e. The maximum atomic E-state index is 6.49. The average Bonchev–Trinajstić information content (AvgIpc) is 3.39. The quantitative estimate of drug-likeness (QED) is 0.156. The lowest BCUT2D eigenvalue weighted by atomic mass is 9.84. The normalized spacial score (nSPS) is 12.4. The number of ether oxygens (including phenoxy) is 2. The second-order valence-electron chi connectivity index (χ2n) is 16.8. The van der Waals surface area contributed by atoms with E-state index < -0.39 is 0 Å². The predicted octanol–water partition coefficient (Wildman–Crippen LogP) is 17.8. The first-order valence-electron chi connectivity index (χ1n) is 22.4. The Morgan fingerprint density at radius 1 is 0.227 bits per heavy atom. The zero-order valence-corrected chi connectivity index (χ0v) is 35.8. The van der Waals surface area contributed by atoms with Gasteiger partial charge in [0.2, 0.25) is 0 Å². The van der Waals surface area contributed by atoms with E-state index >= 15 is 0 Å². The highest BCUT2D eigenvalue weighted by molar-refractivity contribution is 6.23. The fourth-order valence-corrected chi connectivity index (χ4v) is 9.99. The summed E-state index contributed by atoms with van der Waals surface area (Å²) in [4.78, 5) is 4.68. The van der Waals surface area contributed by atoms with Crippen LogP contribution < -0.4 is 19.3 Å². The van der Waals surface area contributed by atoms with Gasteiger partial charge in [0, 0.05) is 11.4 Å². The number of hydrogen-bond donors (Lipinski definition) is 0. The Labute approximate surface area is 383 Å². The lowest BCUT2D eigenvalue weighted by Crippen LogP contribution is -2.15. The van der Waals surface area contributed by atoms with E-state index in [9.17, 15) is 0 Å². The van der Waals surface area contributed by atoms with Crippen molar-refractivity contribution in [3.63, 3.8) is 0 Å². The molecule has 0 spiro atoms. The fourth-order valence-electron chi connectivity index (χ4n) is 9.99. The van der Waals surface area contributed by atoms with Gasteiger partial charge >= 0.3 is 0 Å². The number of nitrogens with zero attached hydrogens (tertiary/aromatic N) is 2. The minimum atomic E-state index is 0.824. The highest BCUT2D eigenvalue weighted by Gasteiger charge is 2.29. The van der Waals surface area contributed by atoms with Gasteiger partial charge < -0.3 is 19.3 Å². The Morgan fingerprint density at radius 3 is 0.864 bits per heavy atom. The van der Waals surface area contributed by atoms with Crippen molar-refractivity contribution < 1.29 is 9.47 Å². The van der Waals surface area contributed by atoms with Crippen LogP contribution in [0.1, 0.15) is 0 Å². The van der Waals surface area contributed by atoms with Gasteiger partial charge in [0.15, 0.2) is 23.0 Å². The first-order chi connectivity index (χ1) is 32.7. The highest BCUT2D eigenvalue weighted by atomic mass is 16.5. The third kappa shape index (κ3) is 6.22. The summed E-state index contributed by atoms with van der Waals surface area (Å²) in [6.07, 6.45) is 0. The Balaban J connectivity index is 1.11. The number of fused-ring (bicyclic) bond motifs is 6. The number of hydrogen-bond acceptors (Lipinski definition) is 4. The number of anilines is 6. The molecule has 0 bridgehead atoms. The van der Waals surface area contributed by atoms with Crippen LogP contribution in [0.25, 0.3) is 66.1 Å². The molecule has 0 N–H and O–H groups in total. The van der Waals surface area contributed by atoms with Gasteiger partial charge in [0.1, 0.15) is 0 Å². The highest BCUT2D eigenvalue weighted by Crippen LogP contribution is 2.54. The molecular weight excluding hydrogens is 805 g/mol. The molecule has 4 heteroatoms. The summed E-state index contributed by atoms with van der Waals surface area (Å²) in [5, 5.41) is 4.64. The summed E-state index contributed by atoms with van der Waals surface area (Å²) >= 11 is 0. The van der Waals surface area contributed by atoms with Gasteiger partial charge in [-0.25, -0.2) is 0 Å². The van der Waals surface area contributed by atoms with E-state index in [1.807, 2.05) is 48.5 Å². The van der Waals surface area contributed by atoms with Crippen LogP contribution in [0.3, 0.4) is 0 Å². The summed E-state index contributed by atoms with van der Waals surface area (Å²) in [5.41, 5.74) is 15.5. The predicted molar refractivity (Wildman–Crippen MR) is 273 cm³/mol. The Hall–Kier alpha value is -8.86. The van der Waals surface area contributed by atoms with E-state index in [1.165, 1.54) is 33.4 Å². The lowest BCUT2D eigenvalue weighted by Gasteiger charge is -2.33. The van der Waals surface area contributed by atoms with Crippen molar-refractivity contribution in [3.8, 4) is 67.5 Å². The lowest BCUT2D eigenvalue weighted by molar-refractivity contribution is 0.477. The number of benzene rings is 11. The third-order valence-electron chi connectivity index (χ3n) is 13.0. The van der Waals surface area contributed by atoms with Crippen LogP contribution in [-0.4, -0.2) is 0 Å². The molecule has 0 saturated carbocycles. The zero-order chi connectivity index (χ0) is 43.6. The first-order valence-corrected chi connectivity index (χ1v) is 22.4.